The highest BCUT2D eigenvalue weighted by Crippen LogP contribution is 2.42. The molecular formula is C28H26O4S. The topological polar surface area (TPSA) is 74.6 Å². The SMILES string of the molecule is CC(CC(c1ccccc1)c1cc(-c2ccccc2)c(O)c(S(=O)(=O)O)c1)c1ccccc1. The molecule has 0 aromatic heterocycles. The third kappa shape index (κ3) is 5.16. The molecule has 0 spiro atoms. The van der Waals surface area contributed by atoms with Crippen LogP contribution in [0.25, 0.3) is 11.1 Å². The fourth-order valence-corrected chi connectivity index (χ4v) is 4.93. The summed E-state index contributed by atoms with van der Waals surface area (Å²) in [6.45, 7) is 2.15. The Balaban J connectivity index is 1.89. The molecule has 0 saturated heterocycles. The predicted octanol–water partition coefficient (Wildman–Crippen LogP) is 6.63. The minimum absolute atomic E-state index is 0.148. The molecule has 5 heteroatoms. The second kappa shape index (κ2) is 9.61. The quantitative estimate of drug-likeness (QED) is 0.305. The van der Waals surface area contributed by atoms with E-state index < -0.39 is 20.8 Å². The Hall–Kier alpha value is -3.41. The van der Waals surface area contributed by atoms with Gasteiger partial charge in [-0.05, 0) is 46.7 Å². The number of phenolic OH excluding ortho intramolecular Hbond substituents is 1. The second-order valence-electron chi connectivity index (χ2n) is 8.27. The van der Waals surface area contributed by atoms with Gasteiger partial charge in [0.1, 0.15) is 10.6 Å². The highest BCUT2D eigenvalue weighted by molar-refractivity contribution is 7.86. The third-order valence-electron chi connectivity index (χ3n) is 6.02. The van der Waals surface area contributed by atoms with Gasteiger partial charge in [0, 0.05) is 11.5 Å². The molecule has 0 heterocycles. The van der Waals surface area contributed by atoms with Gasteiger partial charge in [0.05, 0.1) is 0 Å². The van der Waals surface area contributed by atoms with E-state index in [1.807, 2.05) is 72.8 Å². The molecule has 2 unspecified atom stereocenters. The molecule has 168 valence electrons. The Morgan fingerprint density at radius 3 is 1.79 bits per heavy atom. The van der Waals surface area contributed by atoms with Crippen molar-refractivity contribution < 1.29 is 18.1 Å². The van der Waals surface area contributed by atoms with Gasteiger partial charge in [0.2, 0.25) is 0 Å². The normalized spacial score (nSPS) is 13.4. The van der Waals surface area contributed by atoms with Crippen LogP contribution in [0.2, 0.25) is 0 Å². The van der Waals surface area contributed by atoms with E-state index in [2.05, 4.69) is 19.1 Å². The first-order valence-electron chi connectivity index (χ1n) is 10.8. The van der Waals surface area contributed by atoms with Gasteiger partial charge >= 0.3 is 0 Å². The van der Waals surface area contributed by atoms with E-state index >= 15 is 0 Å². The number of aromatic hydroxyl groups is 1. The van der Waals surface area contributed by atoms with Crippen molar-refractivity contribution in [1.82, 2.24) is 0 Å². The zero-order valence-electron chi connectivity index (χ0n) is 18.3. The fraction of sp³-hybridized carbons (Fsp3) is 0.143. The van der Waals surface area contributed by atoms with E-state index in [0.29, 0.717) is 16.7 Å². The summed E-state index contributed by atoms with van der Waals surface area (Å²) in [5, 5.41) is 10.8. The van der Waals surface area contributed by atoms with Gasteiger partial charge in [-0.2, -0.15) is 8.42 Å². The average molecular weight is 459 g/mol. The highest BCUT2D eigenvalue weighted by Gasteiger charge is 2.25. The first kappa shape index (κ1) is 22.8. The van der Waals surface area contributed by atoms with Crippen molar-refractivity contribution in [2.45, 2.75) is 30.1 Å². The second-order valence-corrected chi connectivity index (χ2v) is 9.66. The van der Waals surface area contributed by atoms with Crippen LogP contribution < -0.4 is 0 Å². The highest BCUT2D eigenvalue weighted by atomic mass is 32.2. The Morgan fingerprint density at radius 1 is 0.727 bits per heavy atom. The lowest BCUT2D eigenvalue weighted by Crippen LogP contribution is -2.09. The molecule has 4 aromatic rings. The molecule has 0 aliphatic rings. The van der Waals surface area contributed by atoms with Crippen molar-refractivity contribution in [2.75, 3.05) is 0 Å². The van der Waals surface area contributed by atoms with Crippen LogP contribution in [0, 0.1) is 0 Å². The molecule has 0 amide bonds. The fourth-order valence-electron chi connectivity index (χ4n) is 4.29. The zero-order chi connectivity index (χ0) is 23.4. The Kier molecular flexibility index (Phi) is 6.63. The van der Waals surface area contributed by atoms with E-state index in [1.54, 1.807) is 12.1 Å². The third-order valence-corrected chi connectivity index (χ3v) is 6.89. The minimum Gasteiger partial charge on any atom is -0.506 e. The van der Waals surface area contributed by atoms with Crippen molar-refractivity contribution in [3.05, 3.63) is 120 Å². The molecule has 0 bridgehead atoms. The Bertz CT molecular complexity index is 1320. The summed E-state index contributed by atoms with van der Waals surface area (Å²) in [5.74, 6) is -0.403. The molecule has 0 aliphatic heterocycles. The molecule has 2 atom stereocenters. The van der Waals surface area contributed by atoms with Gasteiger partial charge in [-0.25, -0.2) is 0 Å². The maximum atomic E-state index is 12.2. The van der Waals surface area contributed by atoms with Crippen molar-refractivity contribution in [3.8, 4) is 16.9 Å². The number of hydrogen-bond donors (Lipinski definition) is 2. The maximum Gasteiger partial charge on any atom is 0.298 e. The number of benzene rings is 4. The summed E-state index contributed by atoms with van der Waals surface area (Å²) < 4.78 is 34.3. The summed E-state index contributed by atoms with van der Waals surface area (Å²) in [7, 11) is -4.63. The monoisotopic (exact) mass is 458 g/mol. The largest absolute Gasteiger partial charge is 0.506 e. The summed E-state index contributed by atoms with van der Waals surface area (Å²) in [5.41, 5.74) is 3.98. The molecule has 2 N–H and O–H groups in total. The Morgan fingerprint density at radius 2 is 1.24 bits per heavy atom. The van der Waals surface area contributed by atoms with Gasteiger partial charge in [-0.15, -0.1) is 0 Å². The molecule has 4 rings (SSSR count). The summed E-state index contributed by atoms with van der Waals surface area (Å²) in [6.07, 6.45) is 0.720. The molecule has 0 saturated carbocycles. The van der Waals surface area contributed by atoms with Crippen LogP contribution in [0.15, 0.2) is 108 Å². The molecule has 4 aromatic carbocycles. The molecular weight excluding hydrogens is 432 g/mol. The van der Waals surface area contributed by atoms with Gasteiger partial charge in [0.25, 0.3) is 10.1 Å². The molecule has 33 heavy (non-hydrogen) atoms. The lowest BCUT2D eigenvalue weighted by atomic mass is 9.81. The number of rotatable bonds is 7. The van der Waals surface area contributed by atoms with Crippen molar-refractivity contribution >= 4 is 10.1 Å². The van der Waals surface area contributed by atoms with Crippen LogP contribution in [0.4, 0.5) is 0 Å². The molecule has 0 fully saturated rings. The van der Waals surface area contributed by atoms with Crippen molar-refractivity contribution in [3.63, 3.8) is 0 Å². The lowest BCUT2D eigenvalue weighted by Gasteiger charge is -2.24. The van der Waals surface area contributed by atoms with Crippen LogP contribution >= 0.6 is 0 Å². The van der Waals surface area contributed by atoms with Crippen LogP contribution in [0.3, 0.4) is 0 Å². The van der Waals surface area contributed by atoms with E-state index in [9.17, 15) is 18.1 Å². The van der Waals surface area contributed by atoms with Gasteiger partial charge in [-0.3, -0.25) is 4.55 Å². The molecule has 4 nitrogen and oxygen atoms in total. The zero-order valence-corrected chi connectivity index (χ0v) is 19.1. The van der Waals surface area contributed by atoms with Gasteiger partial charge in [0.15, 0.2) is 0 Å². The van der Waals surface area contributed by atoms with E-state index in [0.717, 1.165) is 12.0 Å². The standard InChI is InChI=1S/C28H26O4S/c1-20(21-11-5-2-6-12-21)17-25(22-13-7-3-8-14-22)24-18-26(23-15-9-4-10-16-23)28(29)27(19-24)33(30,31)32/h2-16,18-20,25,29H,17H2,1H3,(H,30,31,32). The van der Waals surface area contributed by atoms with Crippen LogP contribution in [0.1, 0.15) is 41.9 Å². The van der Waals surface area contributed by atoms with Gasteiger partial charge in [-0.1, -0.05) is 97.9 Å². The van der Waals surface area contributed by atoms with Crippen LogP contribution in [-0.4, -0.2) is 18.1 Å². The first-order chi connectivity index (χ1) is 15.8. The maximum absolute atomic E-state index is 12.2. The Labute approximate surface area is 194 Å². The van der Waals surface area contributed by atoms with E-state index in [-0.39, 0.29) is 11.8 Å². The predicted molar refractivity (Wildman–Crippen MR) is 131 cm³/mol. The van der Waals surface area contributed by atoms with Crippen LogP contribution in [0.5, 0.6) is 5.75 Å². The summed E-state index contributed by atoms with van der Waals surface area (Å²) >= 11 is 0. The molecule has 0 aliphatic carbocycles. The molecule has 0 radical (unpaired) electrons. The van der Waals surface area contributed by atoms with Crippen molar-refractivity contribution in [2.24, 2.45) is 0 Å². The average Bonchev–Trinajstić information content (AvgIpc) is 2.83. The summed E-state index contributed by atoms with van der Waals surface area (Å²) in [4.78, 5) is -0.479. The number of phenols is 1. The smallest absolute Gasteiger partial charge is 0.298 e. The lowest BCUT2D eigenvalue weighted by molar-refractivity contribution is 0.444. The number of hydrogen-bond acceptors (Lipinski definition) is 3. The first-order valence-corrected chi connectivity index (χ1v) is 12.3. The summed E-state index contributed by atoms with van der Waals surface area (Å²) in [6, 6.07) is 32.4. The van der Waals surface area contributed by atoms with Crippen LogP contribution in [-0.2, 0) is 10.1 Å². The van der Waals surface area contributed by atoms with E-state index in [1.165, 1.54) is 11.6 Å². The minimum atomic E-state index is -4.63. The van der Waals surface area contributed by atoms with Crippen molar-refractivity contribution in [1.29, 1.82) is 0 Å². The van der Waals surface area contributed by atoms with E-state index in [4.69, 9.17) is 0 Å². The van der Waals surface area contributed by atoms with Gasteiger partial charge < -0.3 is 5.11 Å².